The molecule has 3 heteroatoms. The maximum atomic E-state index is 5.05. The molecule has 1 N–H and O–H groups in total. The van der Waals surface area contributed by atoms with Gasteiger partial charge >= 0.3 is 0 Å². The summed E-state index contributed by atoms with van der Waals surface area (Å²) in [6, 6.07) is 2.02. The van der Waals surface area contributed by atoms with Gasteiger partial charge in [0.15, 0.2) is 0 Å². The van der Waals surface area contributed by atoms with Crippen LogP contribution in [-0.4, -0.2) is 26.2 Å². The van der Waals surface area contributed by atoms with E-state index in [0.717, 1.165) is 26.2 Å². The summed E-state index contributed by atoms with van der Waals surface area (Å²) in [6.45, 7) is 4.42. The first-order chi connectivity index (χ1) is 5.97. The molecule has 0 aliphatic carbocycles. The lowest BCUT2D eigenvalue weighted by atomic mass is 10.3. The van der Waals surface area contributed by atoms with Crippen LogP contribution in [-0.2, 0) is 0 Å². The van der Waals surface area contributed by atoms with Gasteiger partial charge in [-0.05, 0) is 19.0 Å². The van der Waals surface area contributed by atoms with E-state index in [4.69, 9.17) is 4.42 Å². The number of nitrogens with one attached hydrogen (secondary N) is 1. The standard InChI is InChI=1S/C9H14N2O/c1-3-10-4-6-11(5-1)9-2-7-12-8-9/h2,7-8,10H,1,3-6H2. The topological polar surface area (TPSA) is 28.4 Å². The zero-order chi connectivity index (χ0) is 8.23. The van der Waals surface area contributed by atoms with E-state index < -0.39 is 0 Å². The van der Waals surface area contributed by atoms with Crippen molar-refractivity contribution in [2.24, 2.45) is 0 Å². The SMILES string of the molecule is c1cc(N2CCCNCC2)co1. The Bertz CT molecular complexity index is 212. The second-order valence-electron chi connectivity index (χ2n) is 3.07. The molecule has 12 heavy (non-hydrogen) atoms. The number of rotatable bonds is 1. The molecule has 1 fully saturated rings. The molecule has 0 amide bonds. The van der Waals surface area contributed by atoms with Gasteiger partial charge in [-0.15, -0.1) is 0 Å². The molecule has 0 bridgehead atoms. The van der Waals surface area contributed by atoms with E-state index in [9.17, 15) is 0 Å². The van der Waals surface area contributed by atoms with Crippen LogP contribution in [0.5, 0.6) is 0 Å². The van der Waals surface area contributed by atoms with E-state index in [1.54, 1.807) is 6.26 Å². The lowest BCUT2D eigenvalue weighted by molar-refractivity contribution is 0.566. The third kappa shape index (κ3) is 1.61. The van der Waals surface area contributed by atoms with Crippen LogP contribution in [0.4, 0.5) is 5.69 Å². The normalized spacial score (nSPS) is 19.2. The predicted molar refractivity (Wildman–Crippen MR) is 48.4 cm³/mol. The average molecular weight is 166 g/mol. The minimum Gasteiger partial charge on any atom is -0.470 e. The summed E-state index contributed by atoms with van der Waals surface area (Å²) in [6.07, 6.45) is 4.75. The van der Waals surface area contributed by atoms with Crippen molar-refractivity contribution in [3.05, 3.63) is 18.6 Å². The van der Waals surface area contributed by atoms with Gasteiger partial charge in [0.2, 0.25) is 0 Å². The molecule has 1 aromatic rings. The predicted octanol–water partition coefficient (Wildman–Crippen LogP) is 1.08. The Labute approximate surface area is 72.4 Å². The smallest absolute Gasteiger partial charge is 0.114 e. The molecule has 0 saturated carbocycles. The van der Waals surface area contributed by atoms with Crippen LogP contribution in [0.3, 0.4) is 0 Å². The minimum atomic E-state index is 1.07. The zero-order valence-electron chi connectivity index (χ0n) is 7.12. The molecule has 0 spiro atoms. The highest BCUT2D eigenvalue weighted by atomic mass is 16.3. The fourth-order valence-electron chi connectivity index (χ4n) is 1.54. The van der Waals surface area contributed by atoms with Crippen LogP contribution >= 0.6 is 0 Å². The summed E-state index contributed by atoms with van der Waals surface area (Å²) in [5.74, 6) is 0. The molecule has 66 valence electrons. The van der Waals surface area contributed by atoms with Crippen molar-refractivity contribution in [3.63, 3.8) is 0 Å². The van der Waals surface area contributed by atoms with Gasteiger partial charge in [-0.3, -0.25) is 0 Å². The maximum Gasteiger partial charge on any atom is 0.114 e. The van der Waals surface area contributed by atoms with Crippen LogP contribution in [0.25, 0.3) is 0 Å². The van der Waals surface area contributed by atoms with E-state index in [0.29, 0.717) is 0 Å². The first-order valence-corrected chi connectivity index (χ1v) is 4.45. The van der Waals surface area contributed by atoms with Crippen LogP contribution in [0, 0.1) is 0 Å². The Morgan fingerprint density at radius 3 is 3.17 bits per heavy atom. The zero-order valence-corrected chi connectivity index (χ0v) is 7.12. The highest BCUT2D eigenvalue weighted by Gasteiger charge is 2.09. The lowest BCUT2D eigenvalue weighted by Gasteiger charge is -2.19. The third-order valence-corrected chi connectivity index (χ3v) is 2.21. The average Bonchev–Trinajstić information content (AvgIpc) is 2.48. The van der Waals surface area contributed by atoms with Gasteiger partial charge < -0.3 is 14.6 Å². The van der Waals surface area contributed by atoms with Gasteiger partial charge in [-0.25, -0.2) is 0 Å². The molecular formula is C9H14N2O. The quantitative estimate of drug-likeness (QED) is 0.676. The fourth-order valence-corrected chi connectivity index (χ4v) is 1.54. The molecule has 0 unspecified atom stereocenters. The fraction of sp³-hybridized carbons (Fsp3) is 0.556. The molecule has 1 aliphatic rings. The largest absolute Gasteiger partial charge is 0.470 e. The van der Waals surface area contributed by atoms with E-state index in [1.165, 1.54) is 12.1 Å². The van der Waals surface area contributed by atoms with Crippen molar-refractivity contribution < 1.29 is 4.42 Å². The first kappa shape index (κ1) is 7.68. The van der Waals surface area contributed by atoms with Crippen molar-refractivity contribution in [1.82, 2.24) is 5.32 Å². The summed E-state index contributed by atoms with van der Waals surface area (Å²) in [4.78, 5) is 2.35. The van der Waals surface area contributed by atoms with E-state index in [1.807, 2.05) is 12.3 Å². The number of furan rings is 1. The summed E-state index contributed by atoms with van der Waals surface area (Å²) in [5, 5.41) is 3.37. The number of anilines is 1. The maximum absolute atomic E-state index is 5.05. The number of nitrogens with zero attached hydrogens (tertiary/aromatic N) is 1. The summed E-state index contributed by atoms with van der Waals surface area (Å²) in [5.41, 5.74) is 1.21. The first-order valence-electron chi connectivity index (χ1n) is 4.45. The minimum absolute atomic E-state index is 1.07. The molecular weight excluding hydrogens is 152 g/mol. The summed E-state index contributed by atoms with van der Waals surface area (Å²) in [7, 11) is 0. The van der Waals surface area contributed by atoms with Crippen molar-refractivity contribution in [3.8, 4) is 0 Å². The van der Waals surface area contributed by atoms with Gasteiger partial charge in [0.05, 0.1) is 12.0 Å². The molecule has 1 aliphatic heterocycles. The van der Waals surface area contributed by atoms with Crippen LogP contribution in [0.15, 0.2) is 23.0 Å². The Morgan fingerprint density at radius 2 is 2.33 bits per heavy atom. The van der Waals surface area contributed by atoms with Gasteiger partial charge in [-0.2, -0.15) is 0 Å². The van der Waals surface area contributed by atoms with Gasteiger partial charge in [0.1, 0.15) is 6.26 Å². The Kier molecular flexibility index (Phi) is 2.32. The molecule has 1 aromatic heterocycles. The highest BCUT2D eigenvalue weighted by molar-refractivity contribution is 5.42. The molecule has 0 radical (unpaired) electrons. The van der Waals surface area contributed by atoms with E-state index >= 15 is 0 Å². The molecule has 3 nitrogen and oxygen atoms in total. The molecule has 0 aromatic carbocycles. The van der Waals surface area contributed by atoms with E-state index in [-0.39, 0.29) is 0 Å². The Balaban J connectivity index is 2.02. The van der Waals surface area contributed by atoms with Crippen molar-refractivity contribution in [1.29, 1.82) is 0 Å². The second kappa shape index (κ2) is 3.63. The molecule has 1 saturated heterocycles. The molecule has 0 atom stereocenters. The van der Waals surface area contributed by atoms with Crippen LogP contribution in [0.2, 0.25) is 0 Å². The molecule has 2 rings (SSSR count). The van der Waals surface area contributed by atoms with Crippen LogP contribution in [0.1, 0.15) is 6.42 Å². The van der Waals surface area contributed by atoms with Crippen LogP contribution < -0.4 is 10.2 Å². The number of hydrogen-bond donors (Lipinski definition) is 1. The van der Waals surface area contributed by atoms with E-state index in [2.05, 4.69) is 10.2 Å². The van der Waals surface area contributed by atoms with Gasteiger partial charge in [0, 0.05) is 19.6 Å². The third-order valence-electron chi connectivity index (χ3n) is 2.21. The monoisotopic (exact) mass is 166 g/mol. The second-order valence-corrected chi connectivity index (χ2v) is 3.07. The number of hydrogen-bond acceptors (Lipinski definition) is 3. The Morgan fingerprint density at radius 1 is 1.33 bits per heavy atom. The summed E-state index contributed by atoms with van der Waals surface area (Å²) < 4.78 is 5.05. The summed E-state index contributed by atoms with van der Waals surface area (Å²) >= 11 is 0. The van der Waals surface area contributed by atoms with Gasteiger partial charge in [0.25, 0.3) is 0 Å². The lowest BCUT2D eigenvalue weighted by Crippen LogP contribution is -2.27. The van der Waals surface area contributed by atoms with Crippen molar-refractivity contribution >= 4 is 5.69 Å². The molecule has 2 heterocycles. The Hall–Kier alpha value is -0.960. The van der Waals surface area contributed by atoms with Crippen molar-refractivity contribution in [2.45, 2.75) is 6.42 Å². The van der Waals surface area contributed by atoms with Gasteiger partial charge in [-0.1, -0.05) is 0 Å². The highest BCUT2D eigenvalue weighted by Crippen LogP contribution is 2.14. The van der Waals surface area contributed by atoms with Crippen molar-refractivity contribution in [2.75, 3.05) is 31.1 Å².